The van der Waals surface area contributed by atoms with Gasteiger partial charge in [0.2, 0.25) is 11.8 Å². The number of hydrogen-bond acceptors (Lipinski definition) is 4. The highest BCUT2D eigenvalue weighted by Crippen LogP contribution is 2.26. The average Bonchev–Trinajstić information content (AvgIpc) is 3.50. The smallest absolute Gasteiger partial charge is 0.245 e. The van der Waals surface area contributed by atoms with Crippen LogP contribution in [0.5, 0.6) is 0 Å². The van der Waals surface area contributed by atoms with Crippen LogP contribution in [0.3, 0.4) is 0 Å². The molecule has 0 bridgehead atoms. The van der Waals surface area contributed by atoms with E-state index in [-0.39, 0.29) is 30.2 Å². The summed E-state index contributed by atoms with van der Waals surface area (Å²) in [6, 6.07) is 25.2. The van der Waals surface area contributed by atoms with E-state index in [4.69, 9.17) is 5.10 Å². The zero-order valence-electron chi connectivity index (χ0n) is 20.3. The minimum absolute atomic E-state index is 0.0517. The molecule has 0 aliphatic rings. The van der Waals surface area contributed by atoms with Gasteiger partial charge in [-0.15, -0.1) is 11.3 Å². The Morgan fingerprint density at radius 2 is 1.66 bits per heavy atom. The van der Waals surface area contributed by atoms with Gasteiger partial charge in [0.15, 0.2) is 0 Å². The Balaban J connectivity index is 1.56. The van der Waals surface area contributed by atoms with E-state index in [0.717, 1.165) is 21.8 Å². The number of nitrogens with zero attached hydrogens (tertiary/aromatic N) is 3. The minimum Gasteiger partial charge on any atom is -0.329 e. The number of amides is 2. The van der Waals surface area contributed by atoms with Crippen LogP contribution in [0.25, 0.3) is 5.69 Å². The maximum atomic E-state index is 13.2. The molecule has 1 N–H and O–H groups in total. The maximum Gasteiger partial charge on any atom is 0.245 e. The van der Waals surface area contributed by atoms with E-state index in [9.17, 15) is 9.59 Å². The molecule has 0 saturated carbocycles. The van der Waals surface area contributed by atoms with Gasteiger partial charge in [-0.3, -0.25) is 9.59 Å². The summed E-state index contributed by atoms with van der Waals surface area (Å²) in [4.78, 5) is 29.0. The maximum absolute atomic E-state index is 13.2. The molecule has 0 aliphatic heterocycles. The predicted molar refractivity (Wildman–Crippen MR) is 141 cm³/mol. The molecule has 0 atom stereocenters. The number of hydrogen-bond donors (Lipinski definition) is 1. The summed E-state index contributed by atoms with van der Waals surface area (Å²) >= 11 is 1.54. The molecule has 6 nitrogen and oxygen atoms in total. The van der Waals surface area contributed by atoms with Crippen molar-refractivity contribution in [2.24, 2.45) is 0 Å². The predicted octanol–water partition coefficient (Wildman–Crippen LogP) is 5.44. The highest BCUT2D eigenvalue weighted by molar-refractivity contribution is 7.10. The molecule has 2 amide bonds. The fraction of sp³-hybridized carbons (Fsp3) is 0.250. The van der Waals surface area contributed by atoms with Gasteiger partial charge in [0.1, 0.15) is 12.4 Å². The highest BCUT2D eigenvalue weighted by Gasteiger charge is 2.23. The van der Waals surface area contributed by atoms with Crippen molar-refractivity contribution in [2.45, 2.75) is 39.2 Å². The molecule has 7 heteroatoms. The second kappa shape index (κ2) is 10.7. The van der Waals surface area contributed by atoms with Gasteiger partial charge in [0.25, 0.3) is 0 Å². The molecule has 2 aromatic heterocycles. The first-order valence-electron chi connectivity index (χ1n) is 11.6. The molecular weight excluding hydrogens is 456 g/mol. The lowest BCUT2D eigenvalue weighted by atomic mass is 9.92. The zero-order valence-corrected chi connectivity index (χ0v) is 21.1. The first kappa shape index (κ1) is 24.4. The van der Waals surface area contributed by atoms with E-state index in [2.05, 4.69) is 26.1 Å². The van der Waals surface area contributed by atoms with Crippen molar-refractivity contribution >= 4 is 29.0 Å². The summed E-state index contributed by atoms with van der Waals surface area (Å²) < 4.78 is 1.74. The van der Waals surface area contributed by atoms with E-state index in [1.165, 1.54) is 0 Å². The van der Waals surface area contributed by atoms with Gasteiger partial charge in [-0.1, -0.05) is 75.4 Å². The molecular formula is C28H30N4O2S. The fourth-order valence-electron chi connectivity index (χ4n) is 3.67. The van der Waals surface area contributed by atoms with Gasteiger partial charge < -0.3 is 10.2 Å². The largest absolute Gasteiger partial charge is 0.329 e. The number of nitrogens with one attached hydrogen (secondary N) is 1. The number of benzene rings is 2. The Bertz CT molecular complexity index is 1260. The van der Waals surface area contributed by atoms with Gasteiger partial charge >= 0.3 is 0 Å². The standard InChI is InChI=1S/C28H30N4O2S/c1-28(2,3)24-18-25(32(30-24)22-13-8-5-9-14-22)29-26(33)20-31(19-21-11-6-4-7-12-21)27(34)17-23-15-10-16-35-23/h4-16,18H,17,19-20H2,1-3H3,(H,29,33). The van der Waals surface area contributed by atoms with Gasteiger partial charge in [-0.25, -0.2) is 4.68 Å². The molecule has 0 aliphatic carbocycles. The van der Waals surface area contributed by atoms with Crippen molar-refractivity contribution in [2.75, 3.05) is 11.9 Å². The second-order valence-electron chi connectivity index (χ2n) is 9.45. The Kier molecular flexibility index (Phi) is 7.46. The normalized spacial score (nSPS) is 11.3. The summed E-state index contributed by atoms with van der Waals surface area (Å²) in [5, 5.41) is 9.71. The first-order chi connectivity index (χ1) is 16.8. The van der Waals surface area contributed by atoms with Gasteiger partial charge in [0.05, 0.1) is 17.8 Å². The molecule has 180 valence electrons. The van der Waals surface area contributed by atoms with Gasteiger partial charge in [-0.2, -0.15) is 5.10 Å². The monoisotopic (exact) mass is 486 g/mol. The number of para-hydroxylation sites is 1. The van der Waals surface area contributed by atoms with Gasteiger partial charge in [-0.05, 0) is 29.1 Å². The van der Waals surface area contributed by atoms with E-state index in [1.54, 1.807) is 20.9 Å². The van der Waals surface area contributed by atoms with Crippen molar-refractivity contribution in [1.29, 1.82) is 0 Å². The summed E-state index contributed by atoms with van der Waals surface area (Å²) in [6.07, 6.45) is 0.272. The lowest BCUT2D eigenvalue weighted by Crippen LogP contribution is -2.38. The molecule has 0 saturated heterocycles. The third-order valence-electron chi connectivity index (χ3n) is 5.56. The molecule has 2 heterocycles. The topological polar surface area (TPSA) is 67.2 Å². The van der Waals surface area contributed by atoms with Gasteiger partial charge in [0, 0.05) is 22.9 Å². The summed E-state index contributed by atoms with van der Waals surface area (Å²) in [5.74, 6) is 0.230. The summed E-state index contributed by atoms with van der Waals surface area (Å²) in [6.45, 7) is 6.57. The third kappa shape index (κ3) is 6.45. The number of thiophene rings is 1. The molecule has 4 rings (SSSR count). The van der Waals surface area contributed by atoms with Crippen molar-refractivity contribution in [3.63, 3.8) is 0 Å². The molecule has 35 heavy (non-hydrogen) atoms. The quantitative estimate of drug-likeness (QED) is 0.361. The van der Waals surface area contributed by atoms with Crippen LogP contribution in [-0.2, 0) is 28.0 Å². The van der Waals surface area contributed by atoms with Crippen molar-refractivity contribution in [1.82, 2.24) is 14.7 Å². The third-order valence-corrected chi connectivity index (χ3v) is 6.43. The van der Waals surface area contributed by atoms with E-state index in [1.807, 2.05) is 84.2 Å². The van der Waals surface area contributed by atoms with Crippen molar-refractivity contribution < 1.29 is 9.59 Å². The Labute approximate surface area is 210 Å². The lowest BCUT2D eigenvalue weighted by molar-refractivity contribution is -0.134. The Morgan fingerprint density at radius 1 is 0.971 bits per heavy atom. The molecule has 0 unspecified atom stereocenters. The average molecular weight is 487 g/mol. The summed E-state index contributed by atoms with van der Waals surface area (Å²) in [5.41, 5.74) is 2.51. The van der Waals surface area contributed by atoms with Crippen LogP contribution in [0.2, 0.25) is 0 Å². The highest BCUT2D eigenvalue weighted by atomic mass is 32.1. The molecule has 0 radical (unpaired) electrons. The number of anilines is 1. The van der Waals surface area contributed by atoms with Crippen LogP contribution in [0.15, 0.2) is 84.2 Å². The number of carbonyl (C=O) groups excluding carboxylic acids is 2. The van der Waals surface area contributed by atoms with Crippen molar-refractivity contribution in [3.8, 4) is 5.69 Å². The zero-order chi connectivity index (χ0) is 24.8. The Hall–Kier alpha value is -3.71. The van der Waals surface area contributed by atoms with Crippen LogP contribution in [-0.4, -0.2) is 33.0 Å². The van der Waals surface area contributed by atoms with Crippen LogP contribution < -0.4 is 5.32 Å². The minimum atomic E-state index is -0.266. The summed E-state index contributed by atoms with van der Waals surface area (Å²) in [7, 11) is 0. The number of rotatable bonds is 8. The van der Waals surface area contributed by atoms with E-state index >= 15 is 0 Å². The van der Waals surface area contributed by atoms with Crippen LogP contribution in [0, 0.1) is 0 Å². The van der Waals surface area contributed by atoms with Crippen LogP contribution in [0.1, 0.15) is 36.9 Å². The van der Waals surface area contributed by atoms with Crippen molar-refractivity contribution in [3.05, 3.63) is 100 Å². The molecule has 4 aromatic rings. The van der Waals surface area contributed by atoms with Crippen LogP contribution in [0.4, 0.5) is 5.82 Å². The SMILES string of the molecule is CC(C)(C)c1cc(NC(=O)CN(Cc2ccccc2)C(=O)Cc2cccs2)n(-c2ccccc2)n1. The van der Waals surface area contributed by atoms with E-state index < -0.39 is 0 Å². The molecule has 2 aromatic carbocycles. The lowest BCUT2D eigenvalue weighted by Gasteiger charge is -2.22. The second-order valence-corrected chi connectivity index (χ2v) is 10.5. The molecule has 0 fully saturated rings. The number of aromatic nitrogens is 2. The Morgan fingerprint density at radius 3 is 2.29 bits per heavy atom. The molecule has 0 spiro atoms. The van der Waals surface area contributed by atoms with E-state index in [0.29, 0.717) is 12.4 Å². The first-order valence-corrected chi connectivity index (χ1v) is 12.5. The fourth-order valence-corrected chi connectivity index (χ4v) is 4.36. The number of carbonyl (C=O) groups is 2. The van der Waals surface area contributed by atoms with Crippen LogP contribution >= 0.6 is 11.3 Å².